The van der Waals surface area contributed by atoms with Gasteiger partial charge in [-0.3, -0.25) is 0 Å². The van der Waals surface area contributed by atoms with E-state index in [-0.39, 0.29) is 12.6 Å². The molecule has 1 N–H and O–H groups in total. The summed E-state index contributed by atoms with van der Waals surface area (Å²) in [5, 5.41) is 7.65. The molecule has 0 saturated heterocycles. The van der Waals surface area contributed by atoms with Gasteiger partial charge in [-0.25, -0.2) is 9.48 Å². The molecule has 8 heteroatoms. The summed E-state index contributed by atoms with van der Waals surface area (Å²) in [6.07, 6.45) is 3.02. The van der Waals surface area contributed by atoms with Crippen LogP contribution in [0.25, 0.3) is 0 Å². The summed E-state index contributed by atoms with van der Waals surface area (Å²) >= 11 is 0. The molecule has 0 radical (unpaired) electrons. The zero-order valence-electron chi connectivity index (χ0n) is 20.0. The Morgan fingerprint density at radius 2 is 1.91 bits per heavy atom. The highest BCUT2D eigenvalue weighted by Crippen LogP contribution is 2.40. The van der Waals surface area contributed by atoms with Gasteiger partial charge < -0.3 is 19.5 Å². The van der Waals surface area contributed by atoms with Crippen molar-refractivity contribution in [3.05, 3.63) is 76.8 Å². The van der Waals surface area contributed by atoms with Crippen LogP contribution >= 0.6 is 0 Å². The Kier molecular flexibility index (Phi) is 7.15. The number of methoxy groups -OCH3 is 1. The summed E-state index contributed by atoms with van der Waals surface area (Å²) < 4.78 is 18.8. The molecular formula is C26H30N4O4. The highest BCUT2D eigenvalue weighted by molar-refractivity contribution is 5.92. The number of rotatable bonds is 9. The number of benzene rings is 2. The average molecular weight is 463 g/mol. The van der Waals surface area contributed by atoms with E-state index in [4.69, 9.17) is 14.2 Å². The van der Waals surface area contributed by atoms with Crippen LogP contribution in [-0.4, -0.2) is 34.5 Å². The van der Waals surface area contributed by atoms with Crippen molar-refractivity contribution in [3.8, 4) is 11.5 Å². The molecule has 3 aromatic rings. The number of allylic oxidation sites excluding steroid dienone is 1. The Morgan fingerprint density at radius 1 is 1.12 bits per heavy atom. The quantitative estimate of drug-likeness (QED) is 0.457. The van der Waals surface area contributed by atoms with Crippen molar-refractivity contribution in [2.24, 2.45) is 0 Å². The fourth-order valence-corrected chi connectivity index (χ4v) is 4.04. The Labute approximate surface area is 199 Å². The van der Waals surface area contributed by atoms with Crippen LogP contribution in [0.15, 0.2) is 60.1 Å². The number of ether oxygens (including phenoxy) is 3. The molecule has 1 aliphatic heterocycles. The van der Waals surface area contributed by atoms with Crippen molar-refractivity contribution < 1.29 is 19.0 Å². The van der Waals surface area contributed by atoms with E-state index in [1.165, 1.54) is 11.9 Å². The Bertz CT molecular complexity index is 1180. The SMILES string of the molecule is CCCC1=C(C(=O)OCC)[C@@H](c2ccc(OCc3ccc(C)cc3)c(OC)c2)n2ncnc2N1. The molecule has 2 aromatic carbocycles. The molecule has 1 aliphatic rings. The maximum Gasteiger partial charge on any atom is 0.338 e. The summed E-state index contributed by atoms with van der Waals surface area (Å²) in [6, 6.07) is 13.4. The average Bonchev–Trinajstić information content (AvgIpc) is 3.31. The Hall–Kier alpha value is -3.81. The van der Waals surface area contributed by atoms with Crippen LogP contribution in [0.3, 0.4) is 0 Å². The van der Waals surface area contributed by atoms with Crippen LogP contribution in [0.5, 0.6) is 11.5 Å². The number of fused-ring (bicyclic) bond motifs is 1. The van der Waals surface area contributed by atoms with Gasteiger partial charge in [-0.05, 0) is 43.5 Å². The van der Waals surface area contributed by atoms with E-state index in [0.29, 0.717) is 36.0 Å². The van der Waals surface area contributed by atoms with E-state index >= 15 is 0 Å². The summed E-state index contributed by atoms with van der Waals surface area (Å²) in [4.78, 5) is 17.4. The molecule has 1 aromatic heterocycles. The minimum atomic E-state index is -0.501. The van der Waals surface area contributed by atoms with Crippen LogP contribution in [0.4, 0.5) is 5.95 Å². The third-order valence-corrected chi connectivity index (χ3v) is 5.69. The monoisotopic (exact) mass is 462 g/mol. The van der Waals surface area contributed by atoms with E-state index in [0.717, 1.165) is 23.2 Å². The number of nitrogens with zero attached hydrogens (tertiary/aromatic N) is 3. The molecule has 0 saturated carbocycles. The third-order valence-electron chi connectivity index (χ3n) is 5.69. The number of carbonyl (C=O) groups excluding carboxylic acids is 1. The van der Waals surface area contributed by atoms with E-state index < -0.39 is 6.04 Å². The van der Waals surface area contributed by atoms with Crippen molar-refractivity contribution in [1.82, 2.24) is 14.8 Å². The van der Waals surface area contributed by atoms with Crippen LogP contribution in [0, 0.1) is 6.92 Å². The van der Waals surface area contributed by atoms with Gasteiger partial charge in [0.25, 0.3) is 0 Å². The van der Waals surface area contributed by atoms with Gasteiger partial charge in [0, 0.05) is 5.70 Å². The van der Waals surface area contributed by atoms with Gasteiger partial charge in [-0.1, -0.05) is 49.2 Å². The van der Waals surface area contributed by atoms with Gasteiger partial charge in [0.15, 0.2) is 11.5 Å². The zero-order valence-corrected chi connectivity index (χ0v) is 20.0. The number of aromatic nitrogens is 3. The first-order valence-corrected chi connectivity index (χ1v) is 11.5. The molecule has 0 fully saturated rings. The lowest BCUT2D eigenvalue weighted by atomic mass is 9.93. The second-order valence-corrected chi connectivity index (χ2v) is 8.10. The molecule has 178 valence electrons. The van der Waals surface area contributed by atoms with Crippen molar-refractivity contribution in [2.75, 3.05) is 19.0 Å². The normalized spacial score (nSPS) is 14.9. The maximum atomic E-state index is 13.1. The summed E-state index contributed by atoms with van der Waals surface area (Å²) in [5.74, 6) is 1.41. The Morgan fingerprint density at radius 3 is 2.62 bits per heavy atom. The standard InChI is InChI=1S/C26H30N4O4/c1-5-7-20-23(25(31)33-6-2)24(30-26(29-20)27-16-28-30)19-12-13-21(22(14-19)32-4)34-15-18-10-8-17(3)9-11-18/h8-14,16,24H,5-7,15H2,1-4H3,(H,27,28,29)/t24-/m1/s1. The smallest absolute Gasteiger partial charge is 0.338 e. The third kappa shape index (κ3) is 4.76. The van der Waals surface area contributed by atoms with Gasteiger partial charge in [0.1, 0.15) is 19.0 Å². The first kappa shape index (κ1) is 23.4. The highest BCUT2D eigenvalue weighted by Gasteiger charge is 2.35. The zero-order chi connectivity index (χ0) is 24.1. The van der Waals surface area contributed by atoms with Gasteiger partial charge in [-0.2, -0.15) is 10.1 Å². The van der Waals surface area contributed by atoms with E-state index in [9.17, 15) is 4.79 Å². The summed E-state index contributed by atoms with van der Waals surface area (Å²) in [6.45, 7) is 6.62. The summed E-state index contributed by atoms with van der Waals surface area (Å²) in [5.41, 5.74) is 4.42. The molecule has 2 heterocycles. The lowest BCUT2D eigenvalue weighted by molar-refractivity contribution is -0.139. The number of nitrogens with one attached hydrogen (secondary N) is 1. The molecule has 1 atom stereocenters. The minimum Gasteiger partial charge on any atom is -0.493 e. The predicted molar refractivity (Wildman–Crippen MR) is 129 cm³/mol. The van der Waals surface area contributed by atoms with Crippen molar-refractivity contribution in [3.63, 3.8) is 0 Å². The van der Waals surface area contributed by atoms with Crippen molar-refractivity contribution >= 4 is 11.9 Å². The Balaban J connectivity index is 1.70. The maximum absolute atomic E-state index is 13.1. The van der Waals surface area contributed by atoms with E-state index in [1.54, 1.807) is 18.7 Å². The van der Waals surface area contributed by atoms with Gasteiger partial charge in [0.05, 0.1) is 19.3 Å². The predicted octanol–water partition coefficient (Wildman–Crippen LogP) is 4.81. The highest BCUT2D eigenvalue weighted by atomic mass is 16.5. The number of hydrogen-bond donors (Lipinski definition) is 1. The van der Waals surface area contributed by atoms with Crippen LogP contribution in [0.1, 0.15) is 49.4 Å². The lowest BCUT2D eigenvalue weighted by Gasteiger charge is -2.29. The fourth-order valence-electron chi connectivity index (χ4n) is 4.04. The second-order valence-electron chi connectivity index (χ2n) is 8.10. The number of carbonyl (C=O) groups is 1. The van der Waals surface area contributed by atoms with E-state index in [2.05, 4.69) is 41.4 Å². The van der Waals surface area contributed by atoms with Crippen LogP contribution in [-0.2, 0) is 16.1 Å². The molecule has 0 unspecified atom stereocenters. The van der Waals surface area contributed by atoms with Crippen molar-refractivity contribution in [1.29, 1.82) is 0 Å². The number of aryl methyl sites for hydroxylation is 1. The summed E-state index contributed by atoms with van der Waals surface area (Å²) in [7, 11) is 1.60. The van der Waals surface area contributed by atoms with Crippen LogP contribution in [0.2, 0.25) is 0 Å². The second kappa shape index (κ2) is 10.4. The number of hydrogen-bond acceptors (Lipinski definition) is 7. The van der Waals surface area contributed by atoms with E-state index in [1.807, 2.05) is 30.3 Å². The molecule has 8 nitrogen and oxygen atoms in total. The molecule has 0 aliphatic carbocycles. The molecular weight excluding hydrogens is 432 g/mol. The fraction of sp³-hybridized carbons (Fsp3) is 0.346. The van der Waals surface area contributed by atoms with Gasteiger partial charge >= 0.3 is 5.97 Å². The van der Waals surface area contributed by atoms with Crippen LogP contribution < -0.4 is 14.8 Å². The first-order chi connectivity index (χ1) is 16.5. The topological polar surface area (TPSA) is 87.5 Å². The molecule has 0 amide bonds. The van der Waals surface area contributed by atoms with Gasteiger partial charge in [0.2, 0.25) is 5.95 Å². The van der Waals surface area contributed by atoms with Crippen molar-refractivity contribution in [2.45, 2.75) is 46.3 Å². The number of anilines is 1. The lowest BCUT2D eigenvalue weighted by Crippen LogP contribution is -2.30. The minimum absolute atomic E-state index is 0.285. The molecule has 4 rings (SSSR count). The molecule has 0 spiro atoms. The largest absolute Gasteiger partial charge is 0.493 e. The number of esters is 1. The molecule has 0 bridgehead atoms. The first-order valence-electron chi connectivity index (χ1n) is 11.5. The molecule has 34 heavy (non-hydrogen) atoms. The van der Waals surface area contributed by atoms with Gasteiger partial charge in [-0.15, -0.1) is 0 Å².